The first-order valence-corrected chi connectivity index (χ1v) is 5.15. The van der Waals surface area contributed by atoms with Gasteiger partial charge in [-0.25, -0.2) is 4.79 Å². The molecule has 0 aliphatic heterocycles. The van der Waals surface area contributed by atoms with Gasteiger partial charge in [-0.05, 0) is 17.7 Å². The van der Waals surface area contributed by atoms with Gasteiger partial charge in [0.1, 0.15) is 5.75 Å². The highest BCUT2D eigenvalue weighted by Gasteiger charge is 2.14. The highest BCUT2D eigenvalue weighted by molar-refractivity contribution is 5.96. The molecule has 1 aromatic carbocycles. The lowest BCUT2D eigenvalue weighted by atomic mass is 10.0. The zero-order chi connectivity index (χ0) is 12.4. The molecule has 0 spiro atoms. The van der Waals surface area contributed by atoms with E-state index in [1.165, 1.54) is 0 Å². The summed E-state index contributed by atoms with van der Waals surface area (Å²) in [6.07, 6.45) is 3.38. The van der Waals surface area contributed by atoms with Gasteiger partial charge >= 0.3 is 5.97 Å². The van der Waals surface area contributed by atoms with Crippen LogP contribution in [0.2, 0.25) is 0 Å². The molecule has 0 amide bonds. The number of aromatic nitrogens is 1. The number of carboxylic acids is 1. The van der Waals surface area contributed by atoms with E-state index < -0.39 is 5.97 Å². The van der Waals surface area contributed by atoms with Gasteiger partial charge in [-0.3, -0.25) is 0 Å². The third kappa shape index (κ3) is 2.15. The number of nitrogens with zero attached hydrogens (tertiary/aromatic N) is 1. The molecule has 0 radical (unpaired) electrons. The monoisotopic (exact) mass is 231 g/mol. The van der Waals surface area contributed by atoms with Gasteiger partial charge in [0.05, 0.1) is 12.7 Å². The Morgan fingerprint density at radius 2 is 2.12 bits per heavy atom. The molecule has 17 heavy (non-hydrogen) atoms. The third-order valence-corrected chi connectivity index (χ3v) is 2.57. The molecule has 0 aliphatic carbocycles. The second kappa shape index (κ2) is 4.33. The van der Waals surface area contributed by atoms with Crippen molar-refractivity contribution in [2.45, 2.75) is 0 Å². The maximum atomic E-state index is 11.1. The summed E-state index contributed by atoms with van der Waals surface area (Å²) >= 11 is 0. The Hall–Kier alpha value is -2.23. The van der Waals surface area contributed by atoms with Crippen molar-refractivity contribution in [2.24, 2.45) is 7.05 Å². The first kappa shape index (κ1) is 11.3. The van der Waals surface area contributed by atoms with Gasteiger partial charge in [0.2, 0.25) is 0 Å². The van der Waals surface area contributed by atoms with Crippen molar-refractivity contribution in [1.82, 2.24) is 4.57 Å². The molecule has 88 valence electrons. The van der Waals surface area contributed by atoms with Gasteiger partial charge in [0.25, 0.3) is 0 Å². The topological polar surface area (TPSA) is 51.5 Å². The minimum Gasteiger partial charge on any atom is -0.497 e. The van der Waals surface area contributed by atoms with Crippen LogP contribution in [0.5, 0.6) is 5.75 Å². The van der Waals surface area contributed by atoms with Gasteiger partial charge in [0, 0.05) is 25.0 Å². The van der Waals surface area contributed by atoms with Gasteiger partial charge in [0.15, 0.2) is 0 Å². The lowest BCUT2D eigenvalue weighted by Gasteiger charge is -2.03. The number of methoxy groups -OCH3 is 1. The first-order chi connectivity index (χ1) is 8.11. The quantitative estimate of drug-likeness (QED) is 0.882. The van der Waals surface area contributed by atoms with Crippen LogP contribution in [0.15, 0.2) is 36.7 Å². The van der Waals surface area contributed by atoms with Crippen molar-refractivity contribution < 1.29 is 14.6 Å². The summed E-state index contributed by atoms with van der Waals surface area (Å²) in [6.45, 7) is 0. The van der Waals surface area contributed by atoms with Crippen molar-refractivity contribution >= 4 is 5.97 Å². The lowest BCUT2D eigenvalue weighted by Crippen LogP contribution is -1.96. The van der Waals surface area contributed by atoms with Gasteiger partial charge in [-0.15, -0.1) is 0 Å². The Labute approximate surface area is 99.1 Å². The molecule has 0 saturated carbocycles. The molecule has 0 atom stereocenters. The van der Waals surface area contributed by atoms with Gasteiger partial charge < -0.3 is 14.4 Å². The molecule has 1 N–H and O–H groups in total. The largest absolute Gasteiger partial charge is 0.497 e. The van der Waals surface area contributed by atoms with Crippen LogP contribution in [0.3, 0.4) is 0 Å². The van der Waals surface area contributed by atoms with E-state index in [9.17, 15) is 4.79 Å². The third-order valence-electron chi connectivity index (χ3n) is 2.57. The summed E-state index contributed by atoms with van der Waals surface area (Å²) in [5, 5.41) is 9.12. The van der Waals surface area contributed by atoms with Gasteiger partial charge in [-0.2, -0.15) is 0 Å². The number of rotatable bonds is 3. The Morgan fingerprint density at radius 3 is 2.76 bits per heavy atom. The molecule has 0 unspecified atom stereocenters. The van der Waals surface area contributed by atoms with Crippen molar-refractivity contribution in [3.8, 4) is 16.9 Å². The fourth-order valence-corrected chi connectivity index (χ4v) is 1.77. The summed E-state index contributed by atoms with van der Waals surface area (Å²) in [4.78, 5) is 11.1. The van der Waals surface area contributed by atoms with Crippen LogP contribution in [0, 0.1) is 0 Å². The molecular formula is C13H13NO3. The minimum absolute atomic E-state index is 0.292. The van der Waals surface area contributed by atoms with E-state index in [1.807, 2.05) is 24.3 Å². The number of hydrogen-bond donors (Lipinski definition) is 1. The normalized spacial score (nSPS) is 10.2. The first-order valence-electron chi connectivity index (χ1n) is 5.15. The molecule has 0 bridgehead atoms. The van der Waals surface area contributed by atoms with Crippen LogP contribution in [0.25, 0.3) is 11.1 Å². The maximum absolute atomic E-state index is 11.1. The zero-order valence-corrected chi connectivity index (χ0v) is 9.68. The van der Waals surface area contributed by atoms with Crippen molar-refractivity contribution in [1.29, 1.82) is 0 Å². The number of carbonyl (C=O) groups is 1. The smallest absolute Gasteiger partial charge is 0.337 e. The molecule has 4 nitrogen and oxygen atoms in total. The molecule has 0 aliphatic rings. The molecule has 1 heterocycles. The zero-order valence-electron chi connectivity index (χ0n) is 9.68. The predicted octanol–water partition coefficient (Wildman–Crippen LogP) is 2.40. The van der Waals surface area contributed by atoms with Crippen molar-refractivity contribution in [3.05, 3.63) is 42.2 Å². The van der Waals surface area contributed by atoms with Crippen LogP contribution in [-0.2, 0) is 7.05 Å². The number of ether oxygens (including phenoxy) is 1. The van der Waals surface area contributed by atoms with E-state index in [0.29, 0.717) is 16.9 Å². The number of benzene rings is 1. The second-order valence-electron chi connectivity index (χ2n) is 3.79. The molecule has 1 aromatic heterocycles. The minimum atomic E-state index is -0.927. The number of aryl methyl sites for hydroxylation is 1. The molecule has 2 aromatic rings. The molecule has 0 saturated heterocycles. The number of carboxylic acid groups (broad SMARTS) is 1. The average Bonchev–Trinajstić information content (AvgIpc) is 2.72. The van der Waals surface area contributed by atoms with Gasteiger partial charge in [-0.1, -0.05) is 12.1 Å². The fraction of sp³-hybridized carbons (Fsp3) is 0.154. The van der Waals surface area contributed by atoms with E-state index in [-0.39, 0.29) is 0 Å². The van der Waals surface area contributed by atoms with Crippen LogP contribution in [0.1, 0.15) is 10.4 Å². The number of aromatic carboxylic acids is 1. The Bertz CT molecular complexity index is 558. The van der Waals surface area contributed by atoms with E-state index in [0.717, 1.165) is 5.56 Å². The Balaban J connectivity index is 2.55. The number of hydrogen-bond acceptors (Lipinski definition) is 2. The Kier molecular flexibility index (Phi) is 2.87. The van der Waals surface area contributed by atoms with Crippen LogP contribution in [0.4, 0.5) is 0 Å². The summed E-state index contributed by atoms with van der Waals surface area (Å²) < 4.78 is 6.86. The van der Waals surface area contributed by atoms with E-state index >= 15 is 0 Å². The summed E-state index contributed by atoms with van der Waals surface area (Å²) in [5.41, 5.74) is 1.82. The molecule has 0 fully saturated rings. The van der Waals surface area contributed by atoms with E-state index in [2.05, 4.69) is 0 Å². The highest BCUT2D eigenvalue weighted by Crippen LogP contribution is 2.27. The van der Waals surface area contributed by atoms with Crippen LogP contribution in [-0.4, -0.2) is 22.8 Å². The Morgan fingerprint density at radius 1 is 1.35 bits per heavy atom. The summed E-state index contributed by atoms with van der Waals surface area (Å²) in [5.74, 6) is -0.217. The molecule has 4 heteroatoms. The van der Waals surface area contributed by atoms with Crippen molar-refractivity contribution in [2.75, 3.05) is 7.11 Å². The lowest BCUT2D eigenvalue weighted by molar-refractivity contribution is 0.0697. The molecular weight excluding hydrogens is 218 g/mol. The van der Waals surface area contributed by atoms with E-state index in [1.54, 1.807) is 31.1 Å². The summed E-state index contributed by atoms with van der Waals surface area (Å²) in [6, 6.07) is 7.35. The summed E-state index contributed by atoms with van der Waals surface area (Å²) in [7, 11) is 3.39. The highest BCUT2D eigenvalue weighted by atomic mass is 16.5. The average molecular weight is 231 g/mol. The van der Waals surface area contributed by atoms with Crippen LogP contribution >= 0.6 is 0 Å². The van der Waals surface area contributed by atoms with E-state index in [4.69, 9.17) is 9.84 Å². The molecule has 2 rings (SSSR count). The predicted molar refractivity (Wildman–Crippen MR) is 64.4 cm³/mol. The van der Waals surface area contributed by atoms with Crippen LogP contribution < -0.4 is 4.74 Å². The second-order valence-corrected chi connectivity index (χ2v) is 3.79. The maximum Gasteiger partial charge on any atom is 0.337 e. The SMILES string of the molecule is COc1cccc(-c2cn(C)cc2C(=O)O)c1. The van der Waals surface area contributed by atoms with Crippen molar-refractivity contribution in [3.63, 3.8) is 0 Å². The standard InChI is InChI=1S/C13H13NO3/c1-14-7-11(12(8-14)13(15)16)9-4-3-5-10(6-9)17-2/h3-8H,1-2H3,(H,15,16). The fourth-order valence-electron chi connectivity index (χ4n) is 1.77.